The Balaban J connectivity index is 0.000000560. The molecule has 0 radical (unpaired) electrons. The van der Waals surface area contributed by atoms with Crippen molar-refractivity contribution in [2.75, 3.05) is 78.7 Å². The highest BCUT2D eigenvalue weighted by Gasteiger charge is 2.40. The number of ether oxygens (including phenoxy) is 2. The molecule has 0 aromatic carbocycles. The molecule has 6 amide bonds. The number of likely N-dealkylation sites (N-methyl/N-ethyl adjacent to an activating group) is 2. The van der Waals surface area contributed by atoms with Crippen molar-refractivity contribution in [1.82, 2.24) is 39.2 Å². The molecule has 29 nitrogen and oxygen atoms in total. The molecule has 8 aliphatic rings. The predicted molar refractivity (Wildman–Crippen MR) is 362 cm³/mol. The van der Waals surface area contributed by atoms with Gasteiger partial charge in [0, 0.05) is 97.3 Å². The van der Waals surface area contributed by atoms with E-state index in [1.165, 1.54) is 47.3 Å². The maximum atomic E-state index is 11.3. The second kappa shape index (κ2) is 45.9. The van der Waals surface area contributed by atoms with Crippen LogP contribution in [0.1, 0.15) is 207 Å². The van der Waals surface area contributed by atoms with Crippen molar-refractivity contribution in [3.8, 4) is 0 Å². The molecule has 0 spiro atoms. The monoisotopic (exact) mass is 1390 g/mol. The van der Waals surface area contributed by atoms with Gasteiger partial charge in [0.2, 0.25) is 23.6 Å². The van der Waals surface area contributed by atoms with Gasteiger partial charge in [-0.3, -0.25) is 77.1 Å². The Morgan fingerprint density at radius 3 is 0.786 bits per heavy atom. The second-order valence-electron chi connectivity index (χ2n) is 25.5. The Morgan fingerprint density at radius 2 is 0.551 bits per heavy atom. The fraction of sp³-hybridized carbons (Fsp3) is 0.797. The Morgan fingerprint density at radius 1 is 0.316 bits per heavy atom. The molecule has 0 aliphatic carbocycles. The first-order chi connectivity index (χ1) is 46.1. The maximum Gasteiger partial charge on any atom is 0.410 e. The molecule has 0 saturated carbocycles. The number of Topliss-reactive ketones (excluding diaryl/α,β-unsaturated/α-hetero) is 7. The molecule has 12 atom stereocenters. The van der Waals surface area contributed by atoms with Crippen LogP contribution in [0.3, 0.4) is 0 Å². The topological polar surface area (TPSA) is 385 Å². The maximum absolute atomic E-state index is 11.3. The summed E-state index contributed by atoms with van der Waals surface area (Å²) in [5.74, 6) is -0.322. The number of carboxylic acid groups (broad SMARTS) is 1. The molecule has 560 valence electrons. The van der Waals surface area contributed by atoms with E-state index in [1.54, 1.807) is 63.2 Å². The van der Waals surface area contributed by atoms with Gasteiger partial charge in [0.1, 0.15) is 11.8 Å². The molecule has 5 N–H and O–H groups in total. The van der Waals surface area contributed by atoms with Gasteiger partial charge < -0.3 is 54.6 Å². The number of likely N-dealkylation sites (tertiary alicyclic amines) is 8. The van der Waals surface area contributed by atoms with E-state index in [4.69, 9.17) is 19.7 Å². The van der Waals surface area contributed by atoms with Gasteiger partial charge in [0.15, 0.2) is 34.7 Å². The minimum Gasteiger partial charge on any atom is -0.480 e. The summed E-state index contributed by atoms with van der Waals surface area (Å²) >= 11 is 0. The summed E-state index contributed by atoms with van der Waals surface area (Å²) in [6.45, 7) is 32.1. The summed E-state index contributed by atoms with van der Waals surface area (Å²) in [6, 6.07) is -2.07. The normalized spacial score (nSPS) is 26.0. The Bertz CT molecular complexity index is 2470. The molecule has 8 saturated heterocycles. The van der Waals surface area contributed by atoms with Gasteiger partial charge in [-0.15, -0.1) is 0 Å². The van der Waals surface area contributed by atoms with Gasteiger partial charge in [-0.2, -0.15) is 0 Å². The lowest BCUT2D eigenvalue weighted by atomic mass is 10.1. The van der Waals surface area contributed by atoms with Crippen LogP contribution in [0.4, 0.5) is 9.59 Å². The molecule has 8 rings (SSSR count). The number of carbonyl (C=O) groups excluding carboxylic acids is 13. The first-order valence-corrected chi connectivity index (χ1v) is 35.1. The Labute approximate surface area is 579 Å². The highest BCUT2D eigenvalue weighted by atomic mass is 16.6. The number of β-amino-alcohol motifs (C(OH)–C–C–N with tert-alkyl or cyclic N) is 4. The van der Waals surface area contributed by atoms with Crippen LogP contribution in [0, 0.1) is 0 Å². The number of carboxylic acids is 1. The van der Waals surface area contributed by atoms with Crippen molar-refractivity contribution in [1.29, 1.82) is 0 Å². The zero-order valence-corrected chi connectivity index (χ0v) is 61.1. The molecule has 0 bridgehead atoms. The van der Waals surface area contributed by atoms with Crippen molar-refractivity contribution in [3.05, 3.63) is 0 Å². The number of hydrogen-bond donors (Lipinski definition) is 5. The van der Waals surface area contributed by atoms with Gasteiger partial charge >= 0.3 is 18.2 Å². The van der Waals surface area contributed by atoms with Crippen molar-refractivity contribution >= 4 is 82.3 Å². The smallest absolute Gasteiger partial charge is 0.410 e. The van der Waals surface area contributed by atoms with Crippen LogP contribution < -0.4 is 0 Å². The third kappa shape index (κ3) is 28.9. The Hall–Kier alpha value is -6.66. The van der Waals surface area contributed by atoms with Gasteiger partial charge in [0.25, 0.3) is 0 Å². The number of nitrogens with zero attached hydrogens (tertiary/aromatic N) is 8. The molecular weight excluding hydrogens is 1280 g/mol. The largest absolute Gasteiger partial charge is 0.480 e. The van der Waals surface area contributed by atoms with E-state index < -0.39 is 42.4 Å². The SMILES string of the molecule is CCC(=O)N1CC(O)CC1C(C)=O.CCC(=O)N1CC(O)CC1C(C)=O.CCC(=O)N1CCCC1C(C)=O.CCC(=O)N1CCCC1C(C)=O.CCN1CC(O)CC1C(=O)O.CCN1CC(O)CC1C(C)=O.CCOC(=O)N1CCCC1C(C)=O.CCOC(=O)N1CCCC1C(C)=O. The second-order valence-corrected chi connectivity index (χ2v) is 25.5. The fourth-order valence-electron chi connectivity index (χ4n) is 13.1. The molecule has 0 aromatic rings. The summed E-state index contributed by atoms with van der Waals surface area (Å²) in [5, 5.41) is 45.7. The fourth-order valence-corrected chi connectivity index (χ4v) is 13.1. The average molecular weight is 1400 g/mol. The number of carbonyl (C=O) groups is 14. The standard InChI is InChI=1S/4C9H15NO3.2C9H15NO2.C8H15NO2.C7H13NO3/c2*1-3-9(13)10-5-7(12)4-8(10)6(2)11;2*1-3-13-9(12)10-6-4-5-8(10)7(2)11;2*1-3-9(12)10-6-4-5-8(10)7(2)11;1-3-9-5-7(11)4-8(9)6(2)10;1-2-8-4-5(9)3-6(8)7(10)11/h2*7-8,12H,3-5H2,1-2H3;2*8H,3-6H2,1-2H3;2*8H,3-6H2,1-2H3;7-8,11H,3-5H2,1-2H3;5-6,9H,2-4H2,1H3,(H,10,11). The molecule has 29 heteroatoms. The van der Waals surface area contributed by atoms with E-state index in [2.05, 4.69) is 0 Å². The van der Waals surface area contributed by atoms with Gasteiger partial charge in [-0.05, 0) is 133 Å². The van der Waals surface area contributed by atoms with E-state index in [9.17, 15) is 82.4 Å². The summed E-state index contributed by atoms with van der Waals surface area (Å²) in [4.78, 5) is 169. The summed E-state index contributed by atoms with van der Waals surface area (Å²) in [7, 11) is 0. The lowest BCUT2D eigenvalue weighted by Crippen LogP contribution is -2.39. The van der Waals surface area contributed by atoms with Crippen molar-refractivity contribution in [3.63, 3.8) is 0 Å². The summed E-state index contributed by atoms with van der Waals surface area (Å²) in [5.41, 5.74) is 0. The van der Waals surface area contributed by atoms with E-state index in [1.807, 2.05) is 32.6 Å². The van der Waals surface area contributed by atoms with Crippen LogP contribution >= 0.6 is 0 Å². The van der Waals surface area contributed by atoms with E-state index >= 15 is 0 Å². The zero-order chi connectivity index (χ0) is 74.8. The number of hydrogen-bond acceptors (Lipinski definition) is 22. The minimum atomic E-state index is -0.830. The van der Waals surface area contributed by atoms with Crippen molar-refractivity contribution < 1.29 is 102 Å². The molecule has 0 aromatic heterocycles. The lowest BCUT2D eigenvalue weighted by molar-refractivity contribution is -0.142. The average Bonchev–Trinajstić information content (AvgIpc) is 1.71. The van der Waals surface area contributed by atoms with E-state index in [0.29, 0.717) is 110 Å². The van der Waals surface area contributed by atoms with E-state index in [0.717, 1.165) is 71.0 Å². The minimum absolute atomic E-state index is 0.0324. The first kappa shape index (κ1) is 89.4. The van der Waals surface area contributed by atoms with Crippen LogP contribution in [-0.2, 0) is 67.0 Å². The van der Waals surface area contributed by atoms with Gasteiger partial charge in [0.05, 0.1) is 79.9 Å². The number of aliphatic carboxylic acids is 1. The number of aliphatic hydroxyl groups is 4. The van der Waals surface area contributed by atoms with Crippen LogP contribution in [0.15, 0.2) is 0 Å². The zero-order valence-electron chi connectivity index (χ0n) is 61.1. The number of aliphatic hydroxyl groups excluding tert-OH is 4. The van der Waals surface area contributed by atoms with Crippen LogP contribution in [-0.4, -0.2) is 298 Å². The molecule has 8 fully saturated rings. The number of amides is 6. The highest BCUT2D eigenvalue weighted by Crippen LogP contribution is 2.25. The summed E-state index contributed by atoms with van der Waals surface area (Å²) < 4.78 is 9.68. The lowest BCUT2D eigenvalue weighted by Gasteiger charge is -2.21. The van der Waals surface area contributed by atoms with E-state index in [-0.39, 0.29) is 113 Å². The third-order valence-corrected chi connectivity index (χ3v) is 18.2. The van der Waals surface area contributed by atoms with Crippen molar-refractivity contribution in [2.45, 2.75) is 279 Å². The van der Waals surface area contributed by atoms with Gasteiger partial charge in [-0.1, -0.05) is 41.5 Å². The number of rotatable bonds is 16. The Kier molecular flexibility index (Phi) is 41.8. The van der Waals surface area contributed by atoms with Crippen LogP contribution in [0.2, 0.25) is 0 Å². The molecule has 12 unspecified atom stereocenters. The molecule has 8 aliphatic heterocycles. The van der Waals surface area contributed by atoms with Crippen LogP contribution in [0.25, 0.3) is 0 Å². The molecule has 8 heterocycles. The van der Waals surface area contributed by atoms with Crippen LogP contribution in [0.5, 0.6) is 0 Å². The van der Waals surface area contributed by atoms with Gasteiger partial charge in [-0.25, -0.2) is 9.59 Å². The first-order valence-electron chi connectivity index (χ1n) is 35.1. The van der Waals surface area contributed by atoms with Crippen molar-refractivity contribution in [2.24, 2.45) is 0 Å². The third-order valence-electron chi connectivity index (χ3n) is 18.2. The predicted octanol–water partition coefficient (Wildman–Crippen LogP) is 3.80. The number of ketones is 7. The molecular formula is C69H118N8O21. The summed E-state index contributed by atoms with van der Waals surface area (Å²) in [6.07, 6.45) is 7.94. The highest BCUT2D eigenvalue weighted by molar-refractivity contribution is 5.91. The quantitative estimate of drug-likeness (QED) is 0.147. The molecule has 98 heavy (non-hydrogen) atoms.